The number of aryl methyl sites for hydroxylation is 1. The summed E-state index contributed by atoms with van der Waals surface area (Å²) in [5, 5.41) is 0.834. The summed E-state index contributed by atoms with van der Waals surface area (Å²) in [6, 6.07) is 17.3. The number of carbonyl (C=O) groups is 2. The van der Waals surface area contributed by atoms with Crippen LogP contribution in [0.2, 0.25) is 0 Å². The van der Waals surface area contributed by atoms with Gasteiger partial charge in [0.1, 0.15) is 11.9 Å². The van der Waals surface area contributed by atoms with Crippen LogP contribution in [0.5, 0.6) is 0 Å². The quantitative estimate of drug-likeness (QED) is 0.259. The van der Waals surface area contributed by atoms with Gasteiger partial charge in [-0.15, -0.1) is 0 Å². The minimum Gasteiger partial charge on any atom is -0.453 e. The molecule has 4 aromatic rings. The van der Waals surface area contributed by atoms with Gasteiger partial charge < -0.3 is 9.72 Å². The maximum absolute atomic E-state index is 13.2. The summed E-state index contributed by atoms with van der Waals surface area (Å²) in [5.74, 6) is -1.93. The summed E-state index contributed by atoms with van der Waals surface area (Å²) < 4.78 is 47.3. The summed E-state index contributed by atoms with van der Waals surface area (Å²) in [6.07, 6.45) is 0.488. The van der Waals surface area contributed by atoms with Crippen LogP contribution in [-0.2, 0) is 26.0 Å². The molecule has 36 heavy (non-hydrogen) atoms. The van der Waals surface area contributed by atoms with Crippen LogP contribution in [-0.4, -0.2) is 37.3 Å². The molecule has 1 heterocycles. The van der Waals surface area contributed by atoms with E-state index in [2.05, 4.69) is 9.71 Å². The molecule has 0 spiro atoms. The number of aromatic nitrogens is 1. The SMILES string of the molecule is Cc1cccc(S(=O)(=O)N[C@H](Cc2c[nH]c3ccccc23)C(=O)O[C@H](C)C(=O)c2ccc(F)cc2)c1. The van der Waals surface area contributed by atoms with E-state index in [1.54, 1.807) is 25.3 Å². The number of halogens is 1. The third-order valence-electron chi connectivity index (χ3n) is 5.77. The van der Waals surface area contributed by atoms with Gasteiger partial charge in [0, 0.05) is 29.1 Å². The Morgan fingerprint density at radius 1 is 1.03 bits per heavy atom. The van der Waals surface area contributed by atoms with E-state index < -0.39 is 39.7 Å². The van der Waals surface area contributed by atoms with Crippen molar-refractivity contribution in [3.8, 4) is 0 Å². The fourth-order valence-corrected chi connectivity index (χ4v) is 5.18. The first-order chi connectivity index (χ1) is 17.1. The zero-order valence-electron chi connectivity index (χ0n) is 19.7. The van der Waals surface area contributed by atoms with Crippen molar-refractivity contribution in [2.24, 2.45) is 0 Å². The van der Waals surface area contributed by atoms with Crippen molar-refractivity contribution < 1.29 is 27.1 Å². The Kier molecular flexibility index (Phi) is 7.32. The molecule has 0 aliphatic carbocycles. The third kappa shape index (κ3) is 5.69. The maximum atomic E-state index is 13.2. The molecule has 0 saturated carbocycles. The van der Waals surface area contributed by atoms with Crippen molar-refractivity contribution in [2.45, 2.75) is 37.3 Å². The molecular formula is C27H25FN2O5S. The Morgan fingerprint density at radius 3 is 2.47 bits per heavy atom. The van der Waals surface area contributed by atoms with Gasteiger partial charge in [0.25, 0.3) is 0 Å². The normalized spacial score (nSPS) is 13.3. The van der Waals surface area contributed by atoms with Gasteiger partial charge in [-0.1, -0.05) is 30.3 Å². The molecule has 186 valence electrons. The number of hydrogen-bond acceptors (Lipinski definition) is 5. The lowest BCUT2D eigenvalue weighted by Crippen LogP contribution is -2.45. The molecule has 0 bridgehead atoms. The third-order valence-corrected chi connectivity index (χ3v) is 7.24. The average molecular weight is 509 g/mol. The largest absolute Gasteiger partial charge is 0.453 e. The minimum atomic E-state index is -4.08. The number of nitrogens with one attached hydrogen (secondary N) is 2. The summed E-state index contributed by atoms with van der Waals surface area (Å²) in [6.45, 7) is 3.15. The Labute approximate surface area is 208 Å². The standard InChI is InChI=1S/C27H25FN2O5S/c1-17-6-5-7-22(14-17)36(33,34)30-25(15-20-16-29-24-9-4-3-8-23(20)24)27(32)35-18(2)26(31)19-10-12-21(28)13-11-19/h3-14,16,18,25,29-30H,15H2,1-2H3/t18-,25-/m1/s1. The Hall–Kier alpha value is -3.82. The van der Waals surface area contributed by atoms with Gasteiger partial charge in [0.15, 0.2) is 6.10 Å². The molecule has 3 aromatic carbocycles. The van der Waals surface area contributed by atoms with E-state index in [-0.39, 0.29) is 16.9 Å². The first-order valence-corrected chi connectivity index (χ1v) is 12.8. The number of esters is 1. The van der Waals surface area contributed by atoms with Crippen molar-refractivity contribution in [3.05, 3.63) is 102 Å². The topological polar surface area (TPSA) is 105 Å². The number of ketones is 1. The predicted octanol–water partition coefficient (Wildman–Crippen LogP) is 4.32. The lowest BCUT2D eigenvalue weighted by atomic mass is 10.1. The molecule has 2 N–H and O–H groups in total. The summed E-state index contributed by atoms with van der Waals surface area (Å²) in [5.41, 5.74) is 2.45. The van der Waals surface area contributed by atoms with E-state index in [1.807, 2.05) is 24.3 Å². The average Bonchev–Trinajstić information content (AvgIpc) is 3.26. The van der Waals surface area contributed by atoms with Crippen molar-refractivity contribution in [1.82, 2.24) is 9.71 Å². The van der Waals surface area contributed by atoms with E-state index >= 15 is 0 Å². The van der Waals surface area contributed by atoms with Gasteiger partial charge in [-0.3, -0.25) is 9.59 Å². The van der Waals surface area contributed by atoms with Crippen LogP contribution in [0.1, 0.15) is 28.4 Å². The number of sulfonamides is 1. The number of benzene rings is 3. The van der Waals surface area contributed by atoms with E-state index in [0.29, 0.717) is 5.56 Å². The second-order valence-corrected chi connectivity index (χ2v) is 10.2. The molecule has 4 rings (SSSR count). The number of para-hydroxylation sites is 1. The van der Waals surface area contributed by atoms with Gasteiger partial charge in [-0.25, -0.2) is 12.8 Å². The van der Waals surface area contributed by atoms with Crippen molar-refractivity contribution in [2.75, 3.05) is 0 Å². The highest BCUT2D eigenvalue weighted by molar-refractivity contribution is 7.89. The Bertz CT molecular complexity index is 1510. The van der Waals surface area contributed by atoms with E-state index in [4.69, 9.17) is 4.74 Å². The first-order valence-electron chi connectivity index (χ1n) is 11.3. The van der Waals surface area contributed by atoms with Crippen LogP contribution in [0.25, 0.3) is 10.9 Å². The van der Waals surface area contributed by atoms with Crippen molar-refractivity contribution >= 4 is 32.7 Å². The van der Waals surface area contributed by atoms with Crippen LogP contribution < -0.4 is 4.72 Å². The molecule has 2 atom stereocenters. The fourth-order valence-electron chi connectivity index (χ4n) is 3.89. The number of H-pyrrole nitrogens is 1. The molecule has 0 aliphatic heterocycles. The number of hydrogen-bond donors (Lipinski definition) is 2. The van der Waals surface area contributed by atoms with Crippen LogP contribution in [0.15, 0.2) is 83.9 Å². The van der Waals surface area contributed by atoms with Gasteiger partial charge in [-0.05, 0) is 67.4 Å². The van der Waals surface area contributed by atoms with Gasteiger partial charge in [-0.2, -0.15) is 4.72 Å². The monoisotopic (exact) mass is 508 g/mol. The highest BCUT2D eigenvalue weighted by Crippen LogP contribution is 2.21. The lowest BCUT2D eigenvalue weighted by Gasteiger charge is -2.20. The molecule has 0 saturated heterocycles. The molecule has 1 aromatic heterocycles. The number of rotatable bonds is 9. The fraction of sp³-hybridized carbons (Fsp3) is 0.185. The van der Waals surface area contributed by atoms with Gasteiger partial charge in [0.05, 0.1) is 4.90 Å². The number of carbonyl (C=O) groups excluding carboxylic acids is 2. The number of fused-ring (bicyclic) bond motifs is 1. The van der Waals surface area contributed by atoms with Crippen molar-refractivity contribution in [3.63, 3.8) is 0 Å². The zero-order valence-corrected chi connectivity index (χ0v) is 20.5. The smallest absolute Gasteiger partial charge is 0.325 e. The molecular weight excluding hydrogens is 483 g/mol. The molecule has 0 radical (unpaired) electrons. The number of ether oxygens (including phenoxy) is 1. The van der Waals surface area contributed by atoms with Crippen LogP contribution in [0, 0.1) is 12.7 Å². The van der Waals surface area contributed by atoms with Gasteiger partial charge in [0.2, 0.25) is 15.8 Å². The number of aromatic amines is 1. The highest BCUT2D eigenvalue weighted by atomic mass is 32.2. The molecule has 7 nitrogen and oxygen atoms in total. The molecule has 9 heteroatoms. The van der Waals surface area contributed by atoms with Crippen LogP contribution >= 0.6 is 0 Å². The minimum absolute atomic E-state index is 0.00858. The van der Waals surface area contributed by atoms with Crippen LogP contribution in [0.3, 0.4) is 0 Å². The maximum Gasteiger partial charge on any atom is 0.325 e. The molecule has 0 amide bonds. The van der Waals surface area contributed by atoms with Crippen molar-refractivity contribution in [1.29, 1.82) is 0 Å². The summed E-state index contributed by atoms with van der Waals surface area (Å²) >= 11 is 0. The predicted molar refractivity (Wildman–Crippen MR) is 134 cm³/mol. The second-order valence-electron chi connectivity index (χ2n) is 8.50. The first kappa shape index (κ1) is 25.3. The van der Waals surface area contributed by atoms with E-state index in [9.17, 15) is 22.4 Å². The number of Topliss-reactive ketones (excluding diaryl/α,β-unsaturated/α-hetero) is 1. The highest BCUT2D eigenvalue weighted by Gasteiger charge is 2.31. The molecule has 0 fully saturated rings. The van der Waals surface area contributed by atoms with E-state index in [1.165, 1.54) is 31.2 Å². The zero-order chi connectivity index (χ0) is 25.9. The Balaban J connectivity index is 1.60. The Morgan fingerprint density at radius 2 is 1.75 bits per heavy atom. The molecule has 0 unspecified atom stereocenters. The summed E-state index contributed by atoms with van der Waals surface area (Å²) in [7, 11) is -4.08. The second kappa shape index (κ2) is 10.4. The van der Waals surface area contributed by atoms with Gasteiger partial charge >= 0.3 is 5.97 Å². The summed E-state index contributed by atoms with van der Waals surface area (Å²) in [4.78, 5) is 29.0. The van der Waals surface area contributed by atoms with Crippen LogP contribution in [0.4, 0.5) is 4.39 Å². The van der Waals surface area contributed by atoms with E-state index in [0.717, 1.165) is 28.6 Å². The molecule has 0 aliphatic rings. The lowest BCUT2D eigenvalue weighted by molar-refractivity contribution is -0.148.